The molecular weight excluding hydrogens is 228 g/mol. The van der Waals surface area contributed by atoms with E-state index in [1.165, 1.54) is 0 Å². The molecule has 0 atom stereocenters. The Labute approximate surface area is 95.8 Å². The Bertz CT molecular complexity index is 485. The SMILES string of the molecule is NC(=S)N/N=C/c1nc2ccccc2s1. The maximum absolute atomic E-state index is 5.22. The van der Waals surface area contributed by atoms with Crippen LogP contribution in [0.1, 0.15) is 5.01 Å². The third kappa shape index (κ3) is 2.48. The second-order valence-electron chi connectivity index (χ2n) is 2.75. The van der Waals surface area contributed by atoms with Crippen molar-refractivity contribution in [2.75, 3.05) is 0 Å². The highest BCUT2D eigenvalue weighted by Crippen LogP contribution is 2.19. The fraction of sp³-hybridized carbons (Fsp3) is 0. The van der Waals surface area contributed by atoms with Crippen molar-refractivity contribution < 1.29 is 0 Å². The molecule has 1 aromatic carbocycles. The van der Waals surface area contributed by atoms with Gasteiger partial charge in [-0.3, -0.25) is 5.43 Å². The van der Waals surface area contributed by atoms with E-state index in [1.54, 1.807) is 17.6 Å². The Hall–Kier alpha value is -1.53. The van der Waals surface area contributed by atoms with E-state index >= 15 is 0 Å². The molecule has 6 heteroatoms. The predicted molar refractivity (Wildman–Crippen MR) is 67.1 cm³/mol. The van der Waals surface area contributed by atoms with Crippen molar-refractivity contribution in [3.05, 3.63) is 29.3 Å². The monoisotopic (exact) mass is 236 g/mol. The molecule has 0 saturated heterocycles. The summed E-state index contributed by atoms with van der Waals surface area (Å²) in [4.78, 5) is 4.35. The van der Waals surface area contributed by atoms with Gasteiger partial charge in [-0.1, -0.05) is 12.1 Å². The Morgan fingerprint density at radius 1 is 1.53 bits per heavy atom. The van der Waals surface area contributed by atoms with Crippen molar-refractivity contribution in [1.82, 2.24) is 10.4 Å². The van der Waals surface area contributed by atoms with E-state index in [-0.39, 0.29) is 5.11 Å². The van der Waals surface area contributed by atoms with Crippen molar-refractivity contribution in [3.8, 4) is 0 Å². The smallest absolute Gasteiger partial charge is 0.184 e. The number of benzene rings is 1. The summed E-state index contributed by atoms with van der Waals surface area (Å²) < 4.78 is 1.13. The van der Waals surface area contributed by atoms with E-state index in [1.807, 2.05) is 24.3 Å². The van der Waals surface area contributed by atoms with Gasteiger partial charge in [-0.05, 0) is 24.4 Å². The molecule has 1 heterocycles. The number of para-hydroxylation sites is 1. The van der Waals surface area contributed by atoms with Crippen molar-refractivity contribution >= 4 is 45.1 Å². The number of thiazole rings is 1. The number of rotatable bonds is 2. The summed E-state index contributed by atoms with van der Waals surface area (Å²) in [5.41, 5.74) is 8.68. The van der Waals surface area contributed by atoms with Crippen LogP contribution in [-0.4, -0.2) is 16.3 Å². The third-order valence-electron chi connectivity index (χ3n) is 1.66. The van der Waals surface area contributed by atoms with Crippen LogP contribution in [0, 0.1) is 0 Å². The standard InChI is InChI=1S/C9H8N4S2/c10-9(14)13-11-5-8-12-6-3-1-2-4-7(6)15-8/h1-5H,(H3,10,13,14)/b11-5+. The van der Waals surface area contributed by atoms with Crippen LogP contribution in [0.5, 0.6) is 0 Å². The van der Waals surface area contributed by atoms with Crippen molar-refractivity contribution in [2.24, 2.45) is 10.8 Å². The number of hydrazone groups is 1. The Kier molecular flexibility index (Phi) is 2.89. The zero-order valence-corrected chi connectivity index (χ0v) is 9.31. The lowest BCUT2D eigenvalue weighted by Crippen LogP contribution is -2.23. The molecule has 0 aliphatic heterocycles. The number of hydrogen-bond donors (Lipinski definition) is 2. The van der Waals surface area contributed by atoms with Gasteiger partial charge in [0.15, 0.2) is 5.11 Å². The summed E-state index contributed by atoms with van der Waals surface area (Å²) in [7, 11) is 0. The number of nitrogens with zero attached hydrogens (tertiary/aromatic N) is 2. The molecule has 4 nitrogen and oxygen atoms in total. The summed E-state index contributed by atoms with van der Waals surface area (Å²) in [5.74, 6) is 0. The topological polar surface area (TPSA) is 63.3 Å². The summed E-state index contributed by atoms with van der Waals surface area (Å²) in [6.07, 6.45) is 1.60. The molecule has 0 unspecified atom stereocenters. The molecule has 3 N–H and O–H groups in total. The van der Waals surface area contributed by atoms with Crippen LogP contribution < -0.4 is 11.2 Å². The minimum atomic E-state index is 0.146. The second-order valence-corrected chi connectivity index (χ2v) is 4.26. The largest absolute Gasteiger partial charge is 0.375 e. The minimum absolute atomic E-state index is 0.146. The highest BCUT2D eigenvalue weighted by molar-refractivity contribution is 7.80. The first-order valence-corrected chi connectivity index (χ1v) is 5.42. The maximum atomic E-state index is 5.22. The molecular formula is C9H8N4S2. The molecule has 0 aliphatic carbocycles. The summed E-state index contributed by atoms with van der Waals surface area (Å²) in [6.45, 7) is 0. The van der Waals surface area contributed by atoms with Gasteiger partial charge in [-0.2, -0.15) is 5.10 Å². The number of nitrogens with one attached hydrogen (secondary N) is 1. The number of nitrogens with two attached hydrogens (primary N) is 1. The quantitative estimate of drug-likeness (QED) is 0.471. The van der Waals surface area contributed by atoms with Gasteiger partial charge in [0.1, 0.15) is 5.01 Å². The fourth-order valence-corrected chi connectivity index (χ4v) is 1.99. The second kappa shape index (κ2) is 4.33. The van der Waals surface area contributed by atoms with E-state index in [4.69, 9.17) is 5.73 Å². The molecule has 0 radical (unpaired) electrons. The molecule has 0 amide bonds. The molecule has 0 spiro atoms. The first-order chi connectivity index (χ1) is 7.25. The van der Waals surface area contributed by atoms with Gasteiger partial charge in [-0.15, -0.1) is 11.3 Å². The fourth-order valence-electron chi connectivity index (χ4n) is 1.10. The lowest BCUT2D eigenvalue weighted by molar-refractivity contribution is 1.04. The van der Waals surface area contributed by atoms with Gasteiger partial charge >= 0.3 is 0 Å². The number of fused-ring (bicyclic) bond motifs is 1. The molecule has 0 aliphatic rings. The van der Waals surface area contributed by atoms with Crippen LogP contribution in [0.25, 0.3) is 10.2 Å². The van der Waals surface area contributed by atoms with E-state index in [0.717, 1.165) is 15.2 Å². The minimum Gasteiger partial charge on any atom is -0.375 e. The molecule has 0 bridgehead atoms. The molecule has 15 heavy (non-hydrogen) atoms. The highest BCUT2D eigenvalue weighted by Gasteiger charge is 1.99. The summed E-state index contributed by atoms with van der Waals surface area (Å²) in [6, 6.07) is 7.92. The zero-order chi connectivity index (χ0) is 10.7. The van der Waals surface area contributed by atoms with Gasteiger partial charge in [0.2, 0.25) is 0 Å². The van der Waals surface area contributed by atoms with Crippen molar-refractivity contribution in [2.45, 2.75) is 0 Å². The van der Waals surface area contributed by atoms with E-state index in [9.17, 15) is 0 Å². The first kappa shape index (κ1) is 10.0. The van der Waals surface area contributed by atoms with E-state index in [0.29, 0.717) is 0 Å². The van der Waals surface area contributed by atoms with E-state index < -0.39 is 0 Å². The number of hydrogen-bond acceptors (Lipinski definition) is 4. The summed E-state index contributed by atoms with van der Waals surface area (Å²) in [5, 5.41) is 4.81. The highest BCUT2D eigenvalue weighted by atomic mass is 32.1. The molecule has 1 aromatic heterocycles. The first-order valence-electron chi connectivity index (χ1n) is 4.20. The third-order valence-corrected chi connectivity index (χ3v) is 2.72. The van der Waals surface area contributed by atoms with Crippen LogP contribution >= 0.6 is 23.6 Å². The van der Waals surface area contributed by atoms with Gasteiger partial charge < -0.3 is 5.73 Å². The molecule has 76 valence electrons. The molecule has 0 saturated carbocycles. The van der Waals surface area contributed by atoms with Crippen LogP contribution in [-0.2, 0) is 0 Å². The predicted octanol–water partition coefficient (Wildman–Crippen LogP) is 1.46. The van der Waals surface area contributed by atoms with Crippen LogP contribution in [0.2, 0.25) is 0 Å². The maximum Gasteiger partial charge on any atom is 0.184 e. The average molecular weight is 236 g/mol. The van der Waals surface area contributed by atoms with Gasteiger partial charge in [-0.25, -0.2) is 4.98 Å². The Morgan fingerprint density at radius 2 is 2.33 bits per heavy atom. The zero-order valence-electron chi connectivity index (χ0n) is 7.68. The molecule has 2 aromatic rings. The van der Waals surface area contributed by atoms with E-state index in [2.05, 4.69) is 27.7 Å². The van der Waals surface area contributed by atoms with Crippen LogP contribution in [0.3, 0.4) is 0 Å². The normalized spacial score (nSPS) is 10.9. The van der Waals surface area contributed by atoms with Gasteiger partial charge in [0, 0.05) is 0 Å². The molecule has 2 rings (SSSR count). The van der Waals surface area contributed by atoms with Crippen LogP contribution in [0.15, 0.2) is 29.4 Å². The van der Waals surface area contributed by atoms with Crippen LogP contribution in [0.4, 0.5) is 0 Å². The number of aromatic nitrogens is 1. The number of thiocarbonyl (C=S) groups is 1. The van der Waals surface area contributed by atoms with Crippen molar-refractivity contribution in [1.29, 1.82) is 0 Å². The Morgan fingerprint density at radius 3 is 3.07 bits per heavy atom. The lowest BCUT2D eigenvalue weighted by atomic mass is 10.3. The molecule has 0 fully saturated rings. The van der Waals surface area contributed by atoms with Gasteiger partial charge in [0.05, 0.1) is 16.4 Å². The Balaban J connectivity index is 2.22. The van der Waals surface area contributed by atoms with Gasteiger partial charge in [0.25, 0.3) is 0 Å². The van der Waals surface area contributed by atoms with Crippen molar-refractivity contribution in [3.63, 3.8) is 0 Å². The lowest BCUT2D eigenvalue weighted by Gasteiger charge is -1.90. The average Bonchev–Trinajstić information content (AvgIpc) is 2.59. The summed E-state index contributed by atoms with van der Waals surface area (Å²) >= 11 is 6.18.